The van der Waals surface area contributed by atoms with Gasteiger partial charge in [0, 0.05) is 5.56 Å². The Hall–Kier alpha value is -2.11. The summed E-state index contributed by atoms with van der Waals surface area (Å²) < 4.78 is 11.0. The summed E-state index contributed by atoms with van der Waals surface area (Å²) >= 11 is 5.01. The minimum atomic E-state index is -0.00999. The van der Waals surface area contributed by atoms with Gasteiger partial charge in [-0.2, -0.15) is 5.06 Å². The van der Waals surface area contributed by atoms with Gasteiger partial charge in [-0.3, -0.25) is 5.21 Å². The van der Waals surface area contributed by atoms with Gasteiger partial charge in [-0.1, -0.05) is 18.2 Å². The minimum Gasteiger partial charge on any atom is -0.489 e. The average Bonchev–Trinajstić information content (AvgIpc) is 2.56. The van der Waals surface area contributed by atoms with Crippen molar-refractivity contribution >= 4 is 23.1 Å². The van der Waals surface area contributed by atoms with E-state index in [1.807, 2.05) is 32.0 Å². The number of thiocarbonyl (C=S) groups is 1. The second-order valence-corrected chi connectivity index (χ2v) is 6.19. The maximum absolute atomic E-state index is 10.2. The number of ether oxygens (including phenoxy) is 2. The molecule has 0 aromatic heterocycles. The third-order valence-electron chi connectivity index (χ3n) is 4.12. The molecule has 128 valence electrons. The lowest BCUT2D eigenvalue weighted by Gasteiger charge is -2.21. The van der Waals surface area contributed by atoms with Crippen molar-refractivity contribution in [2.75, 3.05) is 12.2 Å². The Morgan fingerprint density at radius 1 is 1.04 bits per heavy atom. The molecule has 2 rings (SSSR count). The Morgan fingerprint density at radius 2 is 1.71 bits per heavy atom. The Balaban J connectivity index is 2.30. The van der Waals surface area contributed by atoms with Crippen LogP contribution in [0.3, 0.4) is 0 Å². The molecule has 0 aliphatic heterocycles. The van der Waals surface area contributed by atoms with Gasteiger partial charge in [-0.05, 0) is 74.3 Å². The van der Waals surface area contributed by atoms with Crippen molar-refractivity contribution in [3.8, 4) is 5.75 Å². The molecule has 0 saturated heterocycles. The topological polar surface area (TPSA) is 41.9 Å². The van der Waals surface area contributed by atoms with E-state index in [0.717, 1.165) is 27.5 Å². The van der Waals surface area contributed by atoms with E-state index in [2.05, 4.69) is 19.9 Å². The van der Waals surface area contributed by atoms with Crippen LogP contribution in [0, 0.1) is 27.7 Å². The van der Waals surface area contributed by atoms with Crippen molar-refractivity contribution in [3.63, 3.8) is 0 Å². The highest BCUT2D eigenvalue weighted by atomic mass is 32.1. The second-order valence-electron chi connectivity index (χ2n) is 5.85. The van der Waals surface area contributed by atoms with E-state index in [9.17, 15) is 5.21 Å². The van der Waals surface area contributed by atoms with Gasteiger partial charge < -0.3 is 9.47 Å². The lowest BCUT2D eigenvalue weighted by atomic mass is 10.1. The van der Waals surface area contributed by atoms with Crippen molar-refractivity contribution in [2.24, 2.45) is 0 Å². The average molecular weight is 345 g/mol. The normalized spacial score (nSPS) is 10.4. The molecule has 24 heavy (non-hydrogen) atoms. The molecule has 0 amide bonds. The monoisotopic (exact) mass is 345 g/mol. The molecule has 0 unspecified atom stereocenters. The Bertz CT molecular complexity index is 759. The molecule has 0 fully saturated rings. The summed E-state index contributed by atoms with van der Waals surface area (Å²) in [5.41, 5.74) is 5.93. The van der Waals surface area contributed by atoms with E-state index in [1.165, 1.54) is 18.2 Å². The fraction of sp³-hybridized carbons (Fsp3) is 0.316. The summed E-state index contributed by atoms with van der Waals surface area (Å²) in [6, 6.07) is 9.77. The van der Waals surface area contributed by atoms with Crippen LogP contribution in [0.4, 0.5) is 5.69 Å². The molecule has 4 nitrogen and oxygen atoms in total. The van der Waals surface area contributed by atoms with Crippen molar-refractivity contribution < 1.29 is 14.7 Å². The predicted molar refractivity (Wildman–Crippen MR) is 100 cm³/mol. The molecule has 1 N–H and O–H groups in total. The summed E-state index contributed by atoms with van der Waals surface area (Å²) in [6.07, 6.45) is 0. The molecule has 0 saturated carbocycles. The van der Waals surface area contributed by atoms with Gasteiger partial charge >= 0.3 is 0 Å². The van der Waals surface area contributed by atoms with Crippen molar-refractivity contribution in [1.82, 2.24) is 0 Å². The van der Waals surface area contributed by atoms with Crippen LogP contribution in [0.15, 0.2) is 30.3 Å². The zero-order chi connectivity index (χ0) is 17.9. The van der Waals surface area contributed by atoms with Crippen molar-refractivity contribution in [2.45, 2.75) is 34.3 Å². The molecular formula is C19H23NO3S. The molecule has 0 aliphatic rings. The van der Waals surface area contributed by atoms with E-state index in [1.54, 1.807) is 6.07 Å². The lowest BCUT2D eigenvalue weighted by Crippen LogP contribution is -2.27. The van der Waals surface area contributed by atoms with Gasteiger partial charge in [0.05, 0.1) is 12.8 Å². The molecule has 2 aromatic carbocycles. The molecule has 0 aliphatic carbocycles. The number of nitrogens with zero attached hydrogens (tertiary/aromatic N) is 1. The number of benzene rings is 2. The van der Waals surface area contributed by atoms with E-state index in [4.69, 9.17) is 21.7 Å². The first kappa shape index (κ1) is 18.2. The molecular weight excluding hydrogens is 322 g/mol. The molecule has 0 heterocycles. The first-order valence-electron chi connectivity index (χ1n) is 7.71. The predicted octanol–water partition coefficient (Wildman–Crippen LogP) is 4.63. The Labute approximate surface area is 148 Å². The first-order chi connectivity index (χ1) is 11.3. The molecule has 2 aromatic rings. The standard InChI is InChI=1S/C19H23NO3S/c1-12-7-6-8-17(20(21)19(24)22-5)16(12)11-23-18-10-14(3)13(2)9-15(18)4/h6-10,21H,11H2,1-5H3. The van der Waals surface area contributed by atoms with E-state index >= 15 is 0 Å². The van der Waals surface area contributed by atoms with Crippen LogP contribution in [-0.4, -0.2) is 17.5 Å². The molecule has 5 heteroatoms. The van der Waals surface area contributed by atoms with Crippen molar-refractivity contribution in [1.29, 1.82) is 0 Å². The number of hydroxylamine groups is 1. The summed E-state index contributed by atoms with van der Waals surface area (Å²) in [4.78, 5) is 0. The summed E-state index contributed by atoms with van der Waals surface area (Å²) in [7, 11) is 1.43. The first-order valence-corrected chi connectivity index (χ1v) is 8.12. The van der Waals surface area contributed by atoms with Crippen LogP contribution >= 0.6 is 12.2 Å². The van der Waals surface area contributed by atoms with Crippen LogP contribution in [0.5, 0.6) is 5.75 Å². The quantitative estimate of drug-likeness (QED) is 0.646. The van der Waals surface area contributed by atoms with Gasteiger partial charge in [0.1, 0.15) is 12.4 Å². The smallest absolute Gasteiger partial charge is 0.288 e. The fourth-order valence-electron chi connectivity index (χ4n) is 2.50. The number of anilines is 1. The summed E-state index contributed by atoms with van der Waals surface area (Å²) in [5.74, 6) is 0.839. The van der Waals surface area contributed by atoms with Crippen LogP contribution in [0.25, 0.3) is 0 Å². The van der Waals surface area contributed by atoms with Crippen LogP contribution in [-0.2, 0) is 11.3 Å². The summed E-state index contributed by atoms with van der Waals surface area (Å²) in [6.45, 7) is 8.47. The Kier molecular flexibility index (Phi) is 5.80. The van der Waals surface area contributed by atoms with Crippen molar-refractivity contribution in [3.05, 3.63) is 58.1 Å². The highest BCUT2D eigenvalue weighted by Gasteiger charge is 2.16. The fourth-order valence-corrected chi connectivity index (χ4v) is 2.60. The highest BCUT2D eigenvalue weighted by Crippen LogP contribution is 2.27. The molecule has 0 radical (unpaired) electrons. The largest absolute Gasteiger partial charge is 0.489 e. The van der Waals surface area contributed by atoms with Crippen LogP contribution < -0.4 is 9.80 Å². The zero-order valence-corrected chi connectivity index (χ0v) is 15.5. The minimum absolute atomic E-state index is 0.00999. The molecule has 0 spiro atoms. The van der Waals surface area contributed by atoms with E-state index in [-0.39, 0.29) is 5.17 Å². The highest BCUT2D eigenvalue weighted by molar-refractivity contribution is 7.80. The maximum Gasteiger partial charge on any atom is 0.288 e. The maximum atomic E-state index is 10.2. The van der Waals surface area contributed by atoms with E-state index in [0.29, 0.717) is 12.3 Å². The number of hydrogen-bond acceptors (Lipinski definition) is 4. The van der Waals surface area contributed by atoms with Gasteiger partial charge in [-0.15, -0.1) is 0 Å². The van der Waals surface area contributed by atoms with Crippen LogP contribution in [0.2, 0.25) is 0 Å². The molecule has 0 bridgehead atoms. The summed E-state index contributed by atoms with van der Waals surface area (Å²) in [5, 5.41) is 11.1. The van der Waals surface area contributed by atoms with Gasteiger partial charge in [0.15, 0.2) is 0 Å². The molecule has 0 atom stereocenters. The number of rotatable bonds is 4. The third-order valence-corrected chi connectivity index (χ3v) is 4.46. The van der Waals surface area contributed by atoms with Crippen LogP contribution in [0.1, 0.15) is 27.8 Å². The lowest BCUT2D eigenvalue weighted by molar-refractivity contribution is 0.264. The number of hydrogen-bond donors (Lipinski definition) is 1. The zero-order valence-electron chi connectivity index (χ0n) is 14.7. The van der Waals surface area contributed by atoms with E-state index < -0.39 is 0 Å². The third kappa shape index (κ3) is 3.86. The second kappa shape index (κ2) is 7.64. The van der Waals surface area contributed by atoms with Gasteiger partial charge in [0.2, 0.25) is 0 Å². The van der Waals surface area contributed by atoms with Gasteiger partial charge in [0.25, 0.3) is 5.17 Å². The number of methoxy groups -OCH3 is 1. The SMILES string of the molecule is COC(=S)N(O)c1cccc(C)c1COc1cc(C)c(C)cc1C. The number of aryl methyl sites for hydroxylation is 4. The Morgan fingerprint density at radius 3 is 2.38 bits per heavy atom. The van der Waals surface area contributed by atoms with Gasteiger partial charge in [-0.25, -0.2) is 0 Å².